The second-order valence-electron chi connectivity index (χ2n) is 3.88. The summed E-state index contributed by atoms with van der Waals surface area (Å²) in [7, 11) is 0. The van der Waals surface area contributed by atoms with Crippen LogP contribution in [0.15, 0.2) is 0 Å². The van der Waals surface area contributed by atoms with Gasteiger partial charge in [0.15, 0.2) is 0 Å². The van der Waals surface area contributed by atoms with E-state index in [-0.39, 0.29) is 12.0 Å². The molecule has 0 aliphatic carbocycles. The van der Waals surface area contributed by atoms with Crippen molar-refractivity contribution in [2.24, 2.45) is 5.92 Å². The summed E-state index contributed by atoms with van der Waals surface area (Å²) in [5.74, 6) is 0.269. The first kappa shape index (κ1) is 9.01. The van der Waals surface area contributed by atoms with E-state index in [2.05, 4.69) is 0 Å². The molecule has 1 aliphatic rings. The molecule has 0 radical (unpaired) electrons. The van der Waals surface area contributed by atoms with E-state index in [0.717, 1.165) is 19.4 Å². The summed E-state index contributed by atoms with van der Waals surface area (Å²) in [4.78, 5) is 0. The van der Waals surface area contributed by atoms with Crippen molar-refractivity contribution in [3.8, 4) is 0 Å². The molecule has 1 fully saturated rings. The van der Waals surface area contributed by atoms with Gasteiger partial charge in [0.1, 0.15) is 0 Å². The van der Waals surface area contributed by atoms with Gasteiger partial charge >= 0.3 is 0 Å². The van der Waals surface area contributed by atoms with Gasteiger partial charge in [0.05, 0.1) is 11.7 Å². The molecule has 1 rings (SSSR count). The second kappa shape index (κ2) is 3.11. The van der Waals surface area contributed by atoms with Crippen LogP contribution in [0, 0.1) is 5.92 Å². The van der Waals surface area contributed by atoms with Crippen LogP contribution in [0.25, 0.3) is 0 Å². The fourth-order valence-corrected chi connectivity index (χ4v) is 1.41. The SMILES string of the molecule is CC(C)C(C)(O)C1CCCO1. The van der Waals surface area contributed by atoms with Crippen LogP contribution >= 0.6 is 0 Å². The third kappa shape index (κ3) is 1.74. The van der Waals surface area contributed by atoms with E-state index in [0.29, 0.717) is 0 Å². The first-order chi connectivity index (χ1) is 5.05. The highest BCUT2D eigenvalue weighted by atomic mass is 16.5. The molecule has 0 aromatic carbocycles. The van der Waals surface area contributed by atoms with Gasteiger partial charge in [-0.1, -0.05) is 13.8 Å². The largest absolute Gasteiger partial charge is 0.387 e. The van der Waals surface area contributed by atoms with Crippen molar-refractivity contribution in [1.29, 1.82) is 0 Å². The Labute approximate surface area is 68.6 Å². The second-order valence-corrected chi connectivity index (χ2v) is 3.88. The van der Waals surface area contributed by atoms with E-state index < -0.39 is 5.60 Å². The van der Waals surface area contributed by atoms with Crippen LogP contribution in [-0.4, -0.2) is 23.4 Å². The summed E-state index contributed by atoms with van der Waals surface area (Å²) >= 11 is 0. The molecular weight excluding hydrogens is 140 g/mol. The lowest BCUT2D eigenvalue weighted by Crippen LogP contribution is -2.43. The Kier molecular flexibility index (Phi) is 2.55. The predicted octanol–water partition coefficient (Wildman–Crippen LogP) is 1.57. The Balaban J connectivity index is 2.55. The molecule has 0 aromatic rings. The zero-order valence-corrected chi connectivity index (χ0v) is 7.63. The molecular formula is C9H18O2. The van der Waals surface area contributed by atoms with Gasteiger partial charge in [0.2, 0.25) is 0 Å². The Morgan fingerprint density at radius 2 is 2.18 bits per heavy atom. The minimum Gasteiger partial charge on any atom is -0.387 e. The normalized spacial score (nSPS) is 30.8. The molecule has 0 aromatic heterocycles. The molecule has 2 unspecified atom stereocenters. The summed E-state index contributed by atoms with van der Waals surface area (Å²) in [6.45, 7) is 6.74. The maximum absolute atomic E-state index is 9.97. The average molecular weight is 158 g/mol. The molecule has 2 atom stereocenters. The Bertz CT molecular complexity index is 124. The van der Waals surface area contributed by atoms with Gasteiger partial charge in [0.25, 0.3) is 0 Å². The van der Waals surface area contributed by atoms with Crippen LogP contribution in [0.5, 0.6) is 0 Å². The first-order valence-electron chi connectivity index (χ1n) is 4.39. The quantitative estimate of drug-likeness (QED) is 0.661. The van der Waals surface area contributed by atoms with Crippen LogP contribution in [-0.2, 0) is 4.74 Å². The van der Waals surface area contributed by atoms with Crippen molar-refractivity contribution in [2.75, 3.05) is 6.61 Å². The molecule has 1 heterocycles. The van der Waals surface area contributed by atoms with Crippen molar-refractivity contribution in [3.63, 3.8) is 0 Å². The van der Waals surface area contributed by atoms with Crippen LogP contribution in [0.2, 0.25) is 0 Å². The molecule has 66 valence electrons. The van der Waals surface area contributed by atoms with Crippen molar-refractivity contribution in [2.45, 2.75) is 45.3 Å². The predicted molar refractivity (Wildman–Crippen MR) is 44.4 cm³/mol. The van der Waals surface area contributed by atoms with Crippen LogP contribution in [0.1, 0.15) is 33.6 Å². The van der Waals surface area contributed by atoms with Gasteiger partial charge in [0, 0.05) is 6.61 Å². The van der Waals surface area contributed by atoms with Gasteiger partial charge in [-0.05, 0) is 25.7 Å². The van der Waals surface area contributed by atoms with Crippen LogP contribution in [0.3, 0.4) is 0 Å². The van der Waals surface area contributed by atoms with E-state index >= 15 is 0 Å². The number of hydrogen-bond acceptors (Lipinski definition) is 2. The molecule has 11 heavy (non-hydrogen) atoms. The molecule has 0 spiro atoms. The van der Waals surface area contributed by atoms with Gasteiger partial charge in [-0.2, -0.15) is 0 Å². The fraction of sp³-hybridized carbons (Fsp3) is 1.00. The molecule has 1 aliphatic heterocycles. The molecule has 0 bridgehead atoms. The third-order valence-electron chi connectivity index (χ3n) is 2.75. The van der Waals surface area contributed by atoms with Gasteiger partial charge < -0.3 is 9.84 Å². The Hall–Kier alpha value is -0.0800. The highest BCUT2D eigenvalue weighted by molar-refractivity contribution is 4.88. The van der Waals surface area contributed by atoms with Gasteiger partial charge in [-0.3, -0.25) is 0 Å². The standard InChI is InChI=1S/C9H18O2/c1-7(2)9(3,10)8-5-4-6-11-8/h7-8,10H,4-6H2,1-3H3. The van der Waals surface area contributed by atoms with E-state index in [9.17, 15) is 5.11 Å². The first-order valence-corrected chi connectivity index (χ1v) is 4.39. The molecule has 2 heteroatoms. The molecule has 0 amide bonds. The zero-order valence-electron chi connectivity index (χ0n) is 7.63. The fourth-order valence-electron chi connectivity index (χ4n) is 1.41. The zero-order chi connectivity index (χ0) is 8.48. The maximum Gasteiger partial charge on any atom is 0.0902 e. The third-order valence-corrected chi connectivity index (χ3v) is 2.75. The smallest absolute Gasteiger partial charge is 0.0902 e. The monoisotopic (exact) mass is 158 g/mol. The summed E-state index contributed by atoms with van der Waals surface area (Å²) in [5.41, 5.74) is -0.642. The van der Waals surface area contributed by atoms with Gasteiger partial charge in [-0.25, -0.2) is 0 Å². The molecule has 0 saturated carbocycles. The molecule has 1 N–H and O–H groups in total. The van der Waals surface area contributed by atoms with Crippen LogP contribution in [0.4, 0.5) is 0 Å². The number of rotatable bonds is 2. The number of ether oxygens (including phenoxy) is 1. The Morgan fingerprint density at radius 3 is 2.55 bits per heavy atom. The number of aliphatic hydroxyl groups is 1. The topological polar surface area (TPSA) is 29.5 Å². The summed E-state index contributed by atoms with van der Waals surface area (Å²) in [6.07, 6.45) is 2.15. The number of hydrogen-bond donors (Lipinski definition) is 1. The molecule has 1 saturated heterocycles. The van der Waals surface area contributed by atoms with E-state index in [4.69, 9.17) is 4.74 Å². The minimum atomic E-state index is -0.642. The van der Waals surface area contributed by atoms with Crippen molar-refractivity contribution < 1.29 is 9.84 Å². The Morgan fingerprint density at radius 1 is 1.55 bits per heavy atom. The van der Waals surface area contributed by atoms with Gasteiger partial charge in [-0.15, -0.1) is 0 Å². The van der Waals surface area contributed by atoms with Crippen molar-refractivity contribution >= 4 is 0 Å². The maximum atomic E-state index is 9.97. The van der Waals surface area contributed by atoms with Crippen molar-refractivity contribution in [1.82, 2.24) is 0 Å². The van der Waals surface area contributed by atoms with E-state index in [1.54, 1.807) is 0 Å². The van der Waals surface area contributed by atoms with Crippen LogP contribution < -0.4 is 0 Å². The highest BCUT2D eigenvalue weighted by Crippen LogP contribution is 2.29. The lowest BCUT2D eigenvalue weighted by Gasteiger charge is -2.33. The van der Waals surface area contributed by atoms with Crippen molar-refractivity contribution in [3.05, 3.63) is 0 Å². The molecule has 2 nitrogen and oxygen atoms in total. The van der Waals surface area contributed by atoms with E-state index in [1.807, 2.05) is 20.8 Å². The summed E-state index contributed by atoms with van der Waals surface area (Å²) in [6, 6.07) is 0. The lowest BCUT2D eigenvalue weighted by molar-refractivity contribution is -0.0998. The highest BCUT2D eigenvalue weighted by Gasteiger charge is 2.37. The average Bonchev–Trinajstić information content (AvgIpc) is 2.37. The van der Waals surface area contributed by atoms with E-state index in [1.165, 1.54) is 0 Å². The minimum absolute atomic E-state index is 0.0579. The summed E-state index contributed by atoms with van der Waals surface area (Å²) in [5, 5.41) is 9.97. The lowest BCUT2D eigenvalue weighted by atomic mass is 9.86. The summed E-state index contributed by atoms with van der Waals surface area (Å²) < 4.78 is 5.43.